The van der Waals surface area contributed by atoms with Crippen molar-refractivity contribution in [2.24, 2.45) is 0 Å². The van der Waals surface area contributed by atoms with Crippen LogP contribution in [0.4, 0.5) is 0 Å². The Morgan fingerprint density at radius 2 is 2.00 bits per heavy atom. The van der Waals surface area contributed by atoms with Crippen LogP contribution in [-0.2, 0) is 13.0 Å². The molecule has 1 aliphatic heterocycles. The lowest BCUT2D eigenvalue weighted by molar-refractivity contribution is 0.658. The molecule has 3 rings (SSSR count). The summed E-state index contributed by atoms with van der Waals surface area (Å²) >= 11 is 0. The summed E-state index contributed by atoms with van der Waals surface area (Å²) in [6.07, 6.45) is 2.38. The second kappa shape index (κ2) is 3.44. The van der Waals surface area contributed by atoms with Gasteiger partial charge in [-0.05, 0) is 50.5 Å². The normalized spacial score (nSPS) is 14.1. The zero-order valence-electron chi connectivity index (χ0n) is 9.70. The van der Waals surface area contributed by atoms with Gasteiger partial charge in [0.1, 0.15) is 5.69 Å². The van der Waals surface area contributed by atoms with Crippen LogP contribution in [0.25, 0.3) is 11.4 Å². The Morgan fingerprint density at radius 3 is 2.75 bits per heavy atom. The molecule has 3 nitrogen and oxygen atoms in total. The van der Waals surface area contributed by atoms with Crippen LogP contribution >= 0.6 is 0 Å². The Labute approximate surface area is 95.1 Å². The van der Waals surface area contributed by atoms with Crippen molar-refractivity contribution in [2.45, 2.75) is 33.2 Å². The molecule has 3 heterocycles. The second-order valence-corrected chi connectivity index (χ2v) is 4.52. The molecule has 2 aromatic rings. The van der Waals surface area contributed by atoms with Gasteiger partial charge in [-0.2, -0.15) is 5.10 Å². The van der Waals surface area contributed by atoms with E-state index in [0.717, 1.165) is 30.0 Å². The molecule has 0 saturated heterocycles. The fourth-order valence-electron chi connectivity index (χ4n) is 2.36. The van der Waals surface area contributed by atoms with Gasteiger partial charge in [0.2, 0.25) is 0 Å². The van der Waals surface area contributed by atoms with Gasteiger partial charge >= 0.3 is 0 Å². The van der Waals surface area contributed by atoms with Crippen molar-refractivity contribution in [3.63, 3.8) is 0 Å². The highest BCUT2D eigenvalue weighted by molar-refractivity contribution is 5.56. The van der Waals surface area contributed by atoms with Crippen LogP contribution in [0.5, 0.6) is 0 Å². The van der Waals surface area contributed by atoms with Gasteiger partial charge in [0.05, 0.1) is 5.69 Å². The minimum atomic E-state index is 0.999. The molecule has 16 heavy (non-hydrogen) atoms. The monoisotopic (exact) mass is 213 g/mol. The molecule has 0 fully saturated rings. The highest BCUT2D eigenvalue weighted by Gasteiger charge is 2.15. The van der Waals surface area contributed by atoms with Crippen molar-refractivity contribution in [3.05, 3.63) is 35.2 Å². The number of hydrogen-bond donors (Lipinski definition) is 0. The third-order valence-electron chi connectivity index (χ3n) is 3.03. The van der Waals surface area contributed by atoms with Gasteiger partial charge in [0.15, 0.2) is 0 Å². The molecule has 82 valence electrons. The third kappa shape index (κ3) is 1.52. The van der Waals surface area contributed by atoms with E-state index in [0.29, 0.717) is 0 Å². The van der Waals surface area contributed by atoms with E-state index < -0.39 is 0 Å². The quantitative estimate of drug-likeness (QED) is 0.728. The number of nitrogens with zero attached hydrogens (tertiary/aromatic N) is 3. The Morgan fingerprint density at radius 1 is 1.12 bits per heavy atom. The molecule has 2 aromatic heterocycles. The van der Waals surface area contributed by atoms with Crippen LogP contribution in [0, 0.1) is 13.8 Å². The Bertz CT molecular complexity index is 498. The van der Waals surface area contributed by atoms with Crippen molar-refractivity contribution >= 4 is 0 Å². The SMILES string of the molecule is Cc1cc(C)nc(-c2cc3n(n2)CCC3)c1. The predicted octanol–water partition coefficient (Wildman–Crippen LogP) is 2.51. The van der Waals surface area contributed by atoms with Gasteiger partial charge in [-0.15, -0.1) is 0 Å². The molecule has 0 atom stereocenters. The van der Waals surface area contributed by atoms with Crippen LogP contribution in [0.1, 0.15) is 23.4 Å². The van der Waals surface area contributed by atoms with Crippen LogP contribution in [0.15, 0.2) is 18.2 Å². The average Bonchev–Trinajstić information content (AvgIpc) is 2.74. The van der Waals surface area contributed by atoms with Crippen LogP contribution in [0.2, 0.25) is 0 Å². The van der Waals surface area contributed by atoms with Crippen molar-refractivity contribution < 1.29 is 0 Å². The van der Waals surface area contributed by atoms with E-state index >= 15 is 0 Å². The molecule has 0 radical (unpaired) electrons. The molecule has 0 spiro atoms. The fourth-order valence-corrected chi connectivity index (χ4v) is 2.36. The number of pyridine rings is 1. The van der Waals surface area contributed by atoms with Crippen molar-refractivity contribution in [1.82, 2.24) is 14.8 Å². The van der Waals surface area contributed by atoms with Crippen molar-refractivity contribution in [1.29, 1.82) is 0 Å². The maximum atomic E-state index is 4.60. The first-order valence-corrected chi connectivity index (χ1v) is 5.75. The van der Waals surface area contributed by atoms with Gasteiger partial charge < -0.3 is 0 Å². The largest absolute Gasteiger partial charge is 0.269 e. The third-order valence-corrected chi connectivity index (χ3v) is 3.03. The highest BCUT2D eigenvalue weighted by Crippen LogP contribution is 2.22. The summed E-state index contributed by atoms with van der Waals surface area (Å²) in [5.74, 6) is 0. The summed E-state index contributed by atoms with van der Waals surface area (Å²) in [5, 5.41) is 4.60. The smallest absolute Gasteiger partial charge is 0.111 e. The highest BCUT2D eigenvalue weighted by atomic mass is 15.3. The Hall–Kier alpha value is -1.64. The second-order valence-electron chi connectivity index (χ2n) is 4.52. The molecule has 0 saturated carbocycles. The van der Waals surface area contributed by atoms with E-state index in [2.05, 4.69) is 39.9 Å². The number of rotatable bonds is 1. The van der Waals surface area contributed by atoms with Crippen molar-refractivity contribution in [2.75, 3.05) is 0 Å². The van der Waals surface area contributed by atoms with Gasteiger partial charge in [-0.25, -0.2) is 0 Å². The summed E-state index contributed by atoms with van der Waals surface area (Å²) in [6.45, 7) is 5.18. The van der Waals surface area contributed by atoms with Gasteiger partial charge in [-0.3, -0.25) is 9.67 Å². The lowest BCUT2D eigenvalue weighted by Crippen LogP contribution is -1.95. The van der Waals surface area contributed by atoms with E-state index in [1.165, 1.54) is 17.7 Å². The molecule has 0 N–H and O–H groups in total. The number of fused-ring (bicyclic) bond motifs is 1. The molecule has 0 aliphatic carbocycles. The minimum Gasteiger partial charge on any atom is -0.269 e. The molecular formula is C13H15N3. The summed E-state index contributed by atoms with van der Waals surface area (Å²) in [7, 11) is 0. The van der Waals surface area contributed by atoms with Crippen LogP contribution < -0.4 is 0 Å². The predicted molar refractivity (Wildman–Crippen MR) is 63.3 cm³/mol. The fraction of sp³-hybridized carbons (Fsp3) is 0.385. The van der Waals surface area contributed by atoms with Crippen molar-refractivity contribution in [3.8, 4) is 11.4 Å². The van der Waals surface area contributed by atoms with E-state index in [4.69, 9.17) is 0 Å². The average molecular weight is 213 g/mol. The Kier molecular flexibility index (Phi) is 2.06. The molecule has 0 unspecified atom stereocenters. The van der Waals surface area contributed by atoms with Gasteiger partial charge in [-0.1, -0.05) is 0 Å². The molecule has 0 bridgehead atoms. The standard InChI is InChI=1S/C13H15N3/c1-9-6-10(2)14-12(7-9)13-8-11-4-3-5-16(11)15-13/h6-8H,3-5H2,1-2H3. The summed E-state index contributed by atoms with van der Waals surface area (Å²) in [6, 6.07) is 6.37. The molecule has 3 heteroatoms. The first-order valence-electron chi connectivity index (χ1n) is 5.75. The zero-order chi connectivity index (χ0) is 11.1. The summed E-state index contributed by atoms with van der Waals surface area (Å²) < 4.78 is 2.11. The molecule has 0 amide bonds. The summed E-state index contributed by atoms with van der Waals surface area (Å²) in [4.78, 5) is 4.54. The van der Waals surface area contributed by atoms with E-state index in [9.17, 15) is 0 Å². The number of aryl methyl sites for hydroxylation is 4. The van der Waals surface area contributed by atoms with Gasteiger partial charge in [0.25, 0.3) is 0 Å². The first-order chi connectivity index (χ1) is 7.72. The maximum Gasteiger partial charge on any atom is 0.111 e. The van der Waals surface area contributed by atoms with Crippen LogP contribution in [0.3, 0.4) is 0 Å². The first kappa shape index (κ1) is 9.58. The lowest BCUT2D eigenvalue weighted by Gasteiger charge is -2.01. The number of hydrogen-bond acceptors (Lipinski definition) is 2. The number of aromatic nitrogens is 3. The molecule has 0 aromatic carbocycles. The summed E-state index contributed by atoms with van der Waals surface area (Å²) in [5.41, 5.74) is 5.66. The van der Waals surface area contributed by atoms with Crippen LogP contribution in [-0.4, -0.2) is 14.8 Å². The lowest BCUT2D eigenvalue weighted by atomic mass is 10.1. The topological polar surface area (TPSA) is 30.7 Å². The maximum absolute atomic E-state index is 4.60. The zero-order valence-corrected chi connectivity index (χ0v) is 9.70. The molecular weight excluding hydrogens is 198 g/mol. The molecule has 1 aliphatic rings. The Balaban J connectivity index is 2.08. The van der Waals surface area contributed by atoms with E-state index in [1.807, 2.05) is 6.92 Å². The van der Waals surface area contributed by atoms with E-state index in [-0.39, 0.29) is 0 Å². The van der Waals surface area contributed by atoms with E-state index in [1.54, 1.807) is 0 Å². The minimum absolute atomic E-state index is 0.999. The van der Waals surface area contributed by atoms with Gasteiger partial charge in [0, 0.05) is 17.9 Å².